The first-order valence-electron chi connectivity index (χ1n) is 10.2. The average molecular weight is 357 g/mol. The molecule has 1 heterocycles. The summed E-state index contributed by atoms with van der Waals surface area (Å²) in [7, 11) is 0. The van der Waals surface area contributed by atoms with Gasteiger partial charge in [-0.15, -0.1) is 0 Å². The van der Waals surface area contributed by atoms with Crippen LogP contribution in [0.3, 0.4) is 0 Å². The van der Waals surface area contributed by atoms with Crippen LogP contribution in [0.5, 0.6) is 0 Å². The molecule has 1 spiro atoms. The Hall–Kier alpha value is -1.84. The summed E-state index contributed by atoms with van der Waals surface area (Å²) in [6.07, 6.45) is 7.24. The summed E-state index contributed by atoms with van der Waals surface area (Å²) in [4.78, 5) is 28.8. The van der Waals surface area contributed by atoms with E-state index in [-0.39, 0.29) is 29.3 Å². The number of amides is 2. The topological polar surface area (TPSA) is 49.4 Å². The molecule has 1 N–H and O–H groups in total. The molecular weight excluding hydrogens is 324 g/mol. The maximum atomic E-state index is 13.4. The number of hydrogen-bond donors (Lipinski definition) is 1. The lowest BCUT2D eigenvalue weighted by molar-refractivity contribution is -0.127. The van der Waals surface area contributed by atoms with E-state index in [9.17, 15) is 9.59 Å². The quantitative estimate of drug-likeness (QED) is 0.857. The zero-order valence-corrected chi connectivity index (χ0v) is 16.4. The third-order valence-corrected chi connectivity index (χ3v) is 5.97. The summed E-state index contributed by atoms with van der Waals surface area (Å²) in [5.74, 6) is -0.0798. The normalized spacial score (nSPS) is 21.8. The molecule has 1 fully saturated rings. The van der Waals surface area contributed by atoms with Crippen LogP contribution in [-0.4, -0.2) is 34.8 Å². The van der Waals surface area contributed by atoms with E-state index in [0.29, 0.717) is 5.56 Å². The molecule has 0 radical (unpaired) electrons. The first-order chi connectivity index (χ1) is 12.5. The monoisotopic (exact) mass is 356 g/mol. The fourth-order valence-electron chi connectivity index (χ4n) is 4.85. The molecule has 0 saturated heterocycles. The summed E-state index contributed by atoms with van der Waals surface area (Å²) in [5, 5.41) is 3.14. The highest BCUT2D eigenvalue weighted by molar-refractivity contribution is 6.02. The van der Waals surface area contributed by atoms with Gasteiger partial charge >= 0.3 is 0 Å². The summed E-state index contributed by atoms with van der Waals surface area (Å²) >= 11 is 0. The van der Waals surface area contributed by atoms with Gasteiger partial charge < -0.3 is 10.2 Å². The maximum absolute atomic E-state index is 13.4. The molecule has 2 aliphatic rings. The van der Waals surface area contributed by atoms with Gasteiger partial charge in [0, 0.05) is 18.2 Å². The van der Waals surface area contributed by atoms with Gasteiger partial charge in [0.25, 0.3) is 5.91 Å². The van der Waals surface area contributed by atoms with Gasteiger partial charge in [0.1, 0.15) is 0 Å². The maximum Gasteiger partial charge on any atom is 0.254 e. The van der Waals surface area contributed by atoms with Gasteiger partial charge in [0.05, 0.1) is 11.5 Å². The SMILES string of the molecule is CCCCN1C(=O)c2ccccc2C(C(=O)NC(C)C)C12CCCCC2. The molecule has 3 rings (SSSR count). The predicted octanol–water partition coefficient (Wildman–Crippen LogP) is 4.25. The zero-order chi connectivity index (χ0) is 18.7. The molecule has 1 atom stereocenters. The van der Waals surface area contributed by atoms with Gasteiger partial charge in [-0.3, -0.25) is 9.59 Å². The molecule has 1 aliphatic heterocycles. The number of hydrogen-bond acceptors (Lipinski definition) is 2. The number of nitrogens with one attached hydrogen (secondary N) is 1. The van der Waals surface area contributed by atoms with Crippen molar-refractivity contribution in [1.82, 2.24) is 10.2 Å². The van der Waals surface area contributed by atoms with Crippen LogP contribution in [0.4, 0.5) is 0 Å². The number of unbranched alkanes of at least 4 members (excludes halogenated alkanes) is 1. The summed E-state index contributed by atoms with van der Waals surface area (Å²) in [6, 6.07) is 7.84. The second-order valence-corrected chi connectivity index (χ2v) is 8.16. The van der Waals surface area contributed by atoms with Crippen molar-refractivity contribution in [3.63, 3.8) is 0 Å². The summed E-state index contributed by atoms with van der Waals surface area (Å²) in [5.41, 5.74) is 1.27. The van der Waals surface area contributed by atoms with Crippen molar-refractivity contribution in [3.05, 3.63) is 35.4 Å². The highest BCUT2D eigenvalue weighted by Crippen LogP contribution is 2.49. The van der Waals surface area contributed by atoms with Gasteiger partial charge in [-0.25, -0.2) is 0 Å². The van der Waals surface area contributed by atoms with E-state index < -0.39 is 0 Å². The van der Waals surface area contributed by atoms with Crippen molar-refractivity contribution in [2.45, 2.75) is 83.2 Å². The van der Waals surface area contributed by atoms with E-state index in [4.69, 9.17) is 0 Å². The fourth-order valence-corrected chi connectivity index (χ4v) is 4.85. The number of rotatable bonds is 5. The molecule has 142 valence electrons. The van der Waals surface area contributed by atoms with Gasteiger partial charge in [0.2, 0.25) is 5.91 Å². The second kappa shape index (κ2) is 7.81. The Labute approximate surface area is 157 Å². The molecule has 0 bridgehead atoms. The average Bonchev–Trinajstić information content (AvgIpc) is 2.62. The predicted molar refractivity (Wildman–Crippen MR) is 104 cm³/mol. The number of benzene rings is 1. The van der Waals surface area contributed by atoms with Crippen LogP contribution in [0.15, 0.2) is 24.3 Å². The van der Waals surface area contributed by atoms with Crippen molar-refractivity contribution in [1.29, 1.82) is 0 Å². The van der Waals surface area contributed by atoms with Crippen molar-refractivity contribution in [3.8, 4) is 0 Å². The van der Waals surface area contributed by atoms with E-state index in [1.54, 1.807) is 0 Å². The van der Waals surface area contributed by atoms with E-state index in [1.165, 1.54) is 6.42 Å². The Morgan fingerprint density at radius 1 is 1.23 bits per heavy atom. The molecule has 1 unspecified atom stereocenters. The Kier molecular flexibility index (Phi) is 5.69. The highest BCUT2D eigenvalue weighted by atomic mass is 16.2. The van der Waals surface area contributed by atoms with Crippen LogP contribution >= 0.6 is 0 Å². The van der Waals surface area contributed by atoms with Gasteiger partial charge in [-0.1, -0.05) is 50.8 Å². The molecule has 26 heavy (non-hydrogen) atoms. The lowest BCUT2D eigenvalue weighted by atomic mass is 9.65. The van der Waals surface area contributed by atoms with E-state index in [2.05, 4.69) is 17.1 Å². The van der Waals surface area contributed by atoms with Crippen molar-refractivity contribution in [2.24, 2.45) is 0 Å². The van der Waals surface area contributed by atoms with Crippen LogP contribution < -0.4 is 5.32 Å². The van der Waals surface area contributed by atoms with Crippen LogP contribution in [0.2, 0.25) is 0 Å². The van der Waals surface area contributed by atoms with E-state index in [1.807, 2.05) is 38.1 Å². The molecule has 2 amide bonds. The van der Waals surface area contributed by atoms with Crippen LogP contribution in [-0.2, 0) is 4.79 Å². The molecule has 4 heteroatoms. The number of carbonyl (C=O) groups is 2. The summed E-state index contributed by atoms with van der Waals surface area (Å²) in [6.45, 7) is 6.90. The fraction of sp³-hybridized carbons (Fsp3) is 0.636. The first-order valence-corrected chi connectivity index (χ1v) is 10.2. The Bertz CT molecular complexity index is 662. The largest absolute Gasteiger partial charge is 0.353 e. The second-order valence-electron chi connectivity index (χ2n) is 8.16. The van der Waals surface area contributed by atoms with Crippen LogP contribution in [0.25, 0.3) is 0 Å². The molecule has 1 saturated carbocycles. The standard InChI is InChI=1S/C22H32N2O2/c1-4-5-15-24-21(26)18-12-8-7-11-17(18)19(20(25)23-16(2)3)22(24)13-9-6-10-14-22/h7-8,11-12,16,19H,4-6,9-10,13-15H2,1-3H3,(H,23,25). The number of carbonyl (C=O) groups excluding carboxylic acids is 2. The molecule has 1 aliphatic carbocycles. The molecule has 1 aromatic rings. The molecule has 0 aromatic heterocycles. The lowest BCUT2D eigenvalue weighted by Crippen LogP contribution is -2.63. The molecular formula is C22H32N2O2. The van der Waals surface area contributed by atoms with Gasteiger partial charge in [0.15, 0.2) is 0 Å². The minimum atomic E-state index is -0.363. The van der Waals surface area contributed by atoms with Crippen LogP contribution in [0, 0.1) is 0 Å². The smallest absolute Gasteiger partial charge is 0.254 e. The third-order valence-electron chi connectivity index (χ3n) is 5.97. The van der Waals surface area contributed by atoms with Gasteiger partial charge in [-0.05, 0) is 44.7 Å². The van der Waals surface area contributed by atoms with Crippen molar-refractivity contribution < 1.29 is 9.59 Å². The Morgan fingerprint density at radius 2 is 1.92 bits per heavy atom. The van der Waals surface area contributed by atoms with Crippen molar-refractivity contribution in [2.75, 3.05) is 6.54 Å². The molecule has 1 aromatic carbocycles. The van der Waals surface area contributed by atoms with Gasteiger partial charge in [-0.2, -0.15) is 0 Å². The number of fused-ring (bicyclic) bond motifs is 1. The highest BCUT2D eigenvalue weighted by Gasteiger charge is 2.54. The zero-order valence-electron chi connectivity index (χ0n) is 16.4. The third kappa shape index (κ3) is 3.26. The lowest BCUT2D eigenvalue weighted by Gasteiger charge is -2.54. The van der Waals surface area contributed by atoms with Crippen LogP contribution in [0.1, 0.15) is 87.6 Å². The summed E-state index contributed by atoms with van der Waals surface area (Å²) < 4.78 is 0. The van der Waals surface area contributed by atoms with E-state index >= 15 is 0 Å². The van der Waals surface area contributed by atoms with E-state index in [0.717, 1.165) is 50.6 Å². The molecule has 4 nitrogen and oxygen atoms in total. The minimum Gasteiger partial charge on any atom is -0.353 e. The Balaban J connectivity index is 2.13. The number of nitrogens with zero attached hydrogens (tertiary/aromatic N) is 1. The first kappa shape index (κ1) is 18.9. The Morgan fingerprint density at radius 3 is 2.58 bits per heavy atom. The minimum absolute atomic E-state index is 0.0725. The van der Waals surface area contributed by atoms with Crippen molar-refractivity contribution >= 4 is 11.8 Å².